The van der Waals surface area contributed by atoms with E-state index in [9.17, 15) is 10.2 Å². The number of thioether (sulfide) groups is 2. The van der Waals surface area contributed by atoms with Crippen LogP contribution < -0.4 is 9.47 Å². The van der Waals surface area contributed by atoms with E-state index in [-0.39, 0.29) is 34.5 Å². The van der Waals surface area contributed by atoms with E-state index in [1.165, 1.54) is 49.7 Å². The number of hydrogen-bond acceptors (Lipinski definition) is 6. The molecule has 0 amide bonds. The maximum atomic E-state index is 11.2. The third-order valence-electron chi connectivity index (χ3n) is 7.81. The maximum Gasteiger partial charge on any atom is 0.161 e. The van der Waals surface area contributed by atoms with Gasteiger partial charge in [0, 0.05) is 33.1 Å². The molecule has 0 aromatic heterocycles. The van der Waals surface area contributed by atoms with Crippen molar-refractivity contribution in [2.45, 2.75) is 153 Å². The second-order valence-corrected chi connectivity index (χ2v) is 16.9. The van der Waals surface area contributed by atoms with Crippen LogP contribution in [0, 0.1) is 0 Å². The first-order chi connectivity index (χ1) is 19.6. The summed E-state index contributed by atoms with van der Waals surface area (Å²) in [4.78, 5) is 0. The van der Waals surface area contributed by atoms with Crippen molar-refractivity contribution >= 4 is 23.5 Å². The Morgan fingerprint density at radius 3 is 1.31 bits per heavy atom. The normalized spacial score (nSPS) is 18.7. The molecule has 1 fully saturated rings. The molecule has 4 nitrogen and oxygen atoms in total. The van der Waals surface area contributed by atoms with E-state index in [1.54, 1.807) is 0 Å². The van der Waals surface area contributed by atoms with Crippen molar-refractivity contribution in [3.8, 4) is 23.0 Å². The van der Waals surface area contributed by atoms with Gasteiger partial charge >= 0.3 is 0 Å². The molecule has 0 spiro atoms. The Morgan fingerprint density at radius 1 is 0.643 bits per heavy atom. The van der Waals surface area contributed by atoms with Crippen molar-refractivity contribution in [1.29, 1.82) is 0 Å². The smallest absolute Gasteiger partial charge is 0.161 e. The highest BCUT2D eigenvalue weighted by molar-refractivity contribution is 8.03. The van der Waals surface area contributed by atoms with Gasteiger partial charge in [-0.1, -0.05) is 79.4 Å². The molecule has 2 aromatic rings. The van der Waals surface area contributed by atoms with Crippen LogP contribution in [0.4, 0.5) is 0 Å². The van der Waals surface area contributed by atoms with Crippen molar-refractivity contribution in [3.05, 3.63) is 46.5 Å². The number of ether oxygens (including phenoxy) is 2. The number of phenolic OH excluding ortho intramolecular Hbond substituents is 2. The Bertz CT molecular complexity index is 1070. The minimum absolute atomic E-state index is 0.00216. The third kappa shape index (κ3) is 9.94. The van der Waals surface area contributed by atoms with Gasteiger partial charge in [-0.05, 0) is 74.6 Å². The van der Waals surface area contributed by atoms with Crippen LogP contribution in [-0.2, 0) is 22.3 Å². The molecule has 6 heteroatoms. The Balaban J connectivity index is 1.85. The maximum absolute atomic E-state index is 11.2. The number of phenols is 2. The lowest BCUT2D eigenvalue weighted by atomic mass is 9.86. The minimum Gasteiger partial charge on any atom is -0.504 e. The van der Waals surface area contributed by atoms with Crippen molar-refractivity contribution in [2.75, 3.05) is 0 Å². The summed E-state index contributed by atoms with van der Waals surface area (Å²) in [5.74, 6) is 3.24. The van der Waals surface area contributed by atoms with E-state index in [1.807, 2.05) is 63.4 Å². The van der Waals surface area contributed by atoms with Gasteiger partial charge in [0.05, 0.1) is 12.2 Å². The molecular weight excluding hydrogens is 561 g/mol. The van der Waals surface area contributed by atoms with Crippen LogP contribution in [0.1, 0.15) is 130 Å². The lowest BCUT2D eigenvalue weighted by Crippen LogP contribution is -2.22. The van der Waals surface area contributed by atoms with E-state index >= 15 is 0 Å². The molecule has 0 saturated heterocycles. The molecule has 0 aliphatic heterocycles. The van der Waals surface area contributed by atoms with Crippen molar-refractivity contribution in [3.63, 3.8) is 0 Å². The standard InChI is InChI=1S/C36H56O4S2/c1-23(2)39-29-19-27(35(5,6)7)17-25(33(29)37)21-41-31-15-13-11-12-14-16-32(31)42-22-26-18-28(36(8,9)10)20-30(34(26)38)40-24(3)4/h17-20,23-24,31-32,37-38H,11-16,21-22H2,1-10H3/t31-,32-/m0/s1. The van der Waals surface area contributed by atoms with Crippen molar-refractivity contribution < 1.29 is 19.7 Å². The van der Waals surface area contributed by atoms with Crippen LogP contribution in [0.15, 0.2) is 24.3 Å². The zero-order valence-electron chi connectivity index (χ0n) is 27.8. The summed E-state index contributed by atoms with van der Waals surface area (Å²) >= 11 is 3.95. The van der Waals surface area contributed by atoms with Gasteiger partial charge in [0.2, 0.25) is 0 Å². The highest BCUT2D eigenvalue weighted by Crippen LogP contribution is 2.44. The molecule has 2 N–H and O–H groups in total. The topological polar surface area (TPSA) is 58.9 Å². The molecule has 0 radical (unpaired) electrons. The van der Waals surface area contributed by atoms with E-state index in [4.69, 9.17) is 9.47 Å². The Morgan fingerprint density at radius 2 is 1.00 bits per heavy atom. The van der Waals surface area contributed by atoms with Gasteiger partial charge in [0.15, 0.2) is 23.0 Å². The van der Waals surface area contributed by atoms with E-state index < -0.39 is 0 Å². The summed E-state index contributed by atoms with van der Waals surface area (Å²) in [5, 5.41) is 23.4. The largest absolute Gasteiger partial charge is 0.504 e. The van der Waals surface area contributed by atoms with Gasteiger partial charge < -0.3 is 19.7 Å². The summed E-state index contributed by atoms with van der Waals surface area (Å²) in [7, 11) is 0. The van der Waals surface area contributed by atoms with E-state index in [0.717, 1.165) is 22.6 Å². The molecule has 1 aliphatic rings. The predicted molar refractivity (Wildman–Crippen MR) is 183 cm³/mol. The molecule has 1 saturated carbocycles. The predicted octanol–water partition coefficient (Wildman–Crippen LogP) is 10.5. The summed E-state index contributed by atoms with van der Waals surface area (Å²) in [6, 6.07) is 8.36. The van der Waals surface area contributed by atoms with Gasteiger partial charge in [-0.15, -0.1) is 0 Å². The van der Waals surface area contributed by atoms with Gasteiger partial charge in [-0.25, -0.2) is 0 Å². The monoisotopic (exact) mass is 616 g/mol. The fraction of sp³-hybridized carbons (Fsp3) is 0.667. The van der Waals surface area contributed by atoms with Gasteiger partial charge in [0.1, 0.15) is 0 Å². The lowest BCUT2D eigenvalue weighted by Gasteiger charge is -2.30. The van der Waals surface area contributed by atoms with Gasteiger partial charge in [-0.2, -0.15) is 23.5 Å². The first kappa shape index (κ1) is 34.8. The molecule has 1 aliphatic carbocycles. The van der Waals surface area contributed by atoms with Crippen LogP contribution in [0.3, 0.4) is 0 Å². The van der Waals surface area contributed by atoms with Crippen LogP contribution in [0.5, 0.6) is 23.0 Å². The van der Waals surface area contributed by atoms with Crippen LogP contribution in [0.25, 0.3) is 0 Å². The fourth-order valence-corrected chi connectivity index (χ4v) is 8.36. The van der Waals surface area contributed by atoms with Gasteiger partial charge in [-0.3, -0.25) is 0 Å². The summed E-state index contributed by atoms with van der Waals surface area (Å²) in [6.07, 6.45) is 7.39. The third-order valence-corrected chi connectivity index (χ3v) is 10.9. The number of aromatic hydroxyl groups is 2. The molecule has 236 valence electrons. The molecule has 2 aromatic carbocycles. The molecule has 42 heavy (non-hydrogen) atoms. The van der Waals surface area contributed by atoms with E-state index in [0.29, 0.717) is 22.0 Å². The Labute approximate surface area is 264 Å². The molecule has 2 atom stereocenters. The van der Waals surface area contributed by atoms with Crippen LogP contribution >= 0.6 is 23.5 Å². The first-order valence-electron chi connectivity index (χ1n) is 15.9. The molecule has 0 heterocycles. The lowest BCUT2D eigenvalue weighted by molar-refractivity contribution is 0.230. The summed E-state index contributed by atoms with van der Waals surface area (Å²) in [6.45, 7) is 21.2. The van der Waals surface area contributed by atoms with Crippen molar-refractivity contribution in [1.82, 2.24) is 0 Å². The Kier molecular flexibility index (Phi) is 12.3. The minimum atomic E-state index is -0.0391. The van der Waals surface area contributed by atoms with Crippen LogP contribution in [-0.4, -0.2) is 32.9 Å². The number of hydrogen-bond donors (Lipinski definition) is 2. The average molecular weight is 617 g/mol. The number of benzene rings is 2. The molecular formula is C36H56O4S2. The zero-order valence-corrected chi connectivity index (χ0v) is 29.4. The highest BCUT2D eigenvalue weighted by Gasteiger charge is 2.27. The average Bonchev–Trinajstić information content (AvgIpc) is 2.85. The molecule has 3 rings (SSSR count). The Hall–Kier alpha value is -1.66. The second kappa shape index (κ2) is 14.9. The molecule has 0 unspecified atom stereocenters. The molecule has 0 bridgehead atoms. The second-order valence-electron chi connectivity index (χ2n) is 14.5. The van der Waals surface area contributed by atoms with E-state index in [2.05, 4.69) is 53.7 Å². The van der Waals surface area contributed by atoms with Crippen LogP contribution in [0.2, 0.25) is 0 Å². The summed E-state index contributed by atoms with van der Waals surface area (Å²) in [5.41, 5.74) is 4.21. The summed E-state index contributed by atoms with van der Waals surface area (Å²) < 4.78 is 12.1. The fourth-order valence-electron chi connectivity index (χ4n) is 5.30. The van der Waals surface area contributed by atoms with Crippen molar-refractivity contribution in [2.24, 2.45) is 0 Å². The quantitative estimate of drug-likeness (QED) is 0.277. The first-order valence-corrected chi connectivity index (χ1v) is 17.9. The number of rotatable bonds is 10. The highest BCUT2D eigenvalue weighted by atomic mass is 32.2. The van der Waals surface area contributed by atoms with Gasteiger partial charge in [0.25, 0.3) is 0 Å². The SMILES string of the molecule is CC(C)Oc1cc(C(C)(C)C)cc(CS[C@H]2CCCCCC[C@@H]2SCc2cc(C(C)(C)C)cc(OC(C)C)c2O)c1O. The zero-order chi connectivity index (χ0) is 31.2.